The van der Waals surface area contributed by atoms with Crippen molar-refractivity contribution >= 4 is 23.2 Å². The van der Waals surface area contributed by atoms with Gasteiger partial charge in [-0.2, -0.15) is 0 Å². The molecule has 0 aliphatic carbocycles. The Labute approximate surface area is 151 Å². The Kier molecular flexibility index (Phi) is 6.41. The highest BCUT2D eigenvalue weighted by Gasteiger charge is 2.14. The average molecular weight is 362 g/mol. The molecule has 2 amide bonds. The summed E-state index contributed by atoms with van der Waals surface area (Å²) in [6.45, 7) is 4.02. The largest absolute Gasteiger partial charge is 0.497 e. The van der Waals surface area contributed by atoms with Gasteiger partial charge in [-0.3, -0.25) is 20.4 Å². The minimum atomic E-state index is -0.333. The van der Waals surface area contributed by atoms with Gasteiger partial charge in [-0.15, -0.1) is 11.3 Å². The number of methoxy groups -OCH3 is 2. The molecule has 25 heavy (non-hydrogen) atoms. The van der Waals surface area contributed by atoms with E-state index in [0.29, 0.717) is 21.9 Å². The number of aryl methyl sites for hydroxylation is 2. The smallest absolute Gasteiger partial charge is 0.279 e. The first-order chi connectivity index (χ1) is 12.0. The van der Waals surface area contributed by atoms with Gasteiger partial charge in [0.05, 0.1) is 25.5 Å². The van der Waals surface area contributed by atoms with Crippen LogP contribution in [-0.4, -0.2) is 26.0 Å². The molecule has 134 valence electrons. The first-order valence-electron chi connectivity index (χ1n) is 7.87. The van der Waals surface area contributed by atoms with Crippen molar-refractivity contribution in [3.8, 4) is 11.5 Å². The molecule has 0 saturated heterocycles. The Balaban J connectivity index is 1.95. The zero-order valence-electron chi connectivity index (χ0n) is 14.8. The molecule has 0 fully saturated rings. The highest BCUT2D eigenvalue weighted by Crippen LogP contribution is 2.25. The molecule has 6 nitrogen and oxygen atoms in total. The van der Waals surface area contributed by atoms with E-state index in [-0.39, 0.29) is 18.2 Å². The number of carbonyl (C=O) groups is 2. The summed E-state index contributed by atoms with van der Waals surface area (Å²) in [7, 11) is 3.09. The van der Waals surface area contributed by atoms with Crippen molar-refractivity contribution in [2.24, 2.45) is 0 Å². The minimum absolute atomic E-state index is 0.0805. The van der Waals surface area contributed by atoms with Crippen LogP contribution in [0.3, 0.4) is 0 Å². The normalized spacial score (nSPS) is 10.2. The standard InChI is InChI=1S/C18H22N2O4S/c1-5-15-11(2)8-16(25-15)18(22)20-19-17(21)9-12-6-7-13(23-3)10-14(12)24-4/h6-8,10H,5,9H2,1-4H3,(H,19,21)(H,20,22). The van der Waals surface area contributed by atoms with Crippen LogP contribution in [0.2, 0.25) is 0 Å². The SMILES string of the molecule is CCc1sc(C(=O)NNC(=O)Cc2ccc(OC)cc2OC)cc1C. The third-order valence-corrected chi connectivity index (χ3v) is 5.11. The number of nitrogens with one attached hydrogen (secondary N) is 2. The van der Waals surface area contributed by atoms with Crippen molar-refractivity contribution in [1.82, 2.24) is 10.9 Å². The summed E-state index contributed by atoms with van der Waals surface area (Å²) in [6.07, 6.45) is 0.963. The van der Waals surface area contributed by atoms with E-state index >= 15 is 0 Å². The van der Waals surface area contributed by atoms with Gasteiger partial charge in [0.2, 0.25) is 5.91 Å². The number of carbonyl (C=O) groups excluding carboxylic acids is 2. The van der Waals surface area contributed by atoms with Crippen LogP contribution in [0.4, 0.5) is 0 Å². The summed E-state index contributed by atoms with van der Waals surface area (Å²) in [4.78, 5) is 26.0. The van der Waals surface area contributed by atoms with E-state index in [9.17, 15) is 9.59 Å². The number of hydrogen-bond donors (Lipinski definition) is 2. The van der Waals surface area contributed by atoms with Gasteiger partial charge in [-0.1, -0.05) is 13.0 Å². The highest BCUT2D eigenvalue weighted by molar-refractivity contribution is 7.14. The van der Waals surface area contributed by atoms with Crippen molar-refractivity contribution in [2.45, 2.75) is 26.7 Å². The lowest BCUT2D eigenvalue weighted by Crippen LogP contribution is -2.42. The summed E-state index contributed by atoms with van der Waals surface area (Å²) in [5.41, 5.74) is 6.68. The predicted molar refractivity (Wildman–Crippen MR) is 97.3 cm³/mol. The Morgan fingerprint density at radius 2 is 1.88 bits per heavy atom. The number of benzene rings is 1. The van der Waals surface area contributed by atoms with E-state index in [2.05, 4.69) is 10.9 Å². The molecule has 0 saturated carbocycles. The second-order valence-corrected chi connectivity index (χ2v) is 6.56. The lowest BCUT2D eigenvalue weighted by atomic mass is 10.1. The molecule has 2 N–H and O–H groups in total. The third-order valence-electron chi connectivity index (χ3n) is 3.73. The zero-order valence-corrected chi connectivity index (χ0v) is 15.6. The first-order valence-corrected chi connectivity index (χ1v) is 8.69. The fraction of sp³-hybridized carbons (Fsp3) is 0.333. The van der Waals surface area contributed by atoms with Crippen molar-refractivity contribution < 1.29 is 19.1 Å². The van der Waals surface area contributed by atoms with Crippen LogP contribution < -0.4 is 20.3 Å². The van der Waals surface area contributed by atoms with Gasteiger partial charge in [-0.25, -0.2) is 0 Å². The van der Waals surface area contributed by atoms with E-state index < -0.39 is 0 Å². The lowest BCUT2D eigenvalue weighted by Gasteiger charge is -2.11. The molecule has 2 rings (SSSR count). The Hall–Kier alpha value is -2.54. The lowest BCUT2D eigenvalue weighted by molar-refractivity contribution is -0.121. The van der Waals surface area contributed by atoms with E-state index in [1.807, 2.05) is 19.9 Å². The highest BCUT2D eigenvalue weighted by atomic mass is 32.1. The molecule has 2 aromatic rings. The molecular weight excluding hydrogens is 340 g/mol. The minimum Gasteiger partial charge on any atom is -0.497 e. The summed E-state index contributed by atoms with van der Waals surface area (Å²) in [5.74, 6) is 0.556. The Bertz CT molecular complexity index is 770. The van der Waals surface area contributed by atoms with E-state index in [0.717, 1.165) is 12.0 Å². The number of hydrazine groups is 1. The molecule has 1 aromatic heterocycles. The third kappa shape index (κ3) is 4.73. The van der Waals surface area contributed by atoms with Crippen LogP contribution in [0.25, 0.3) is 0 Å². The van der Waals surface area contributed by atoms with E-state index in [1.54, 1.807) is 25.3 Å². The quantitative estimate of drug-likeness (QED) is 0.775. The first kappa shape index (κ1) is 18.8. The van der Waals surface area contributed by atoms with Crippen LogP contribution in [0.5, 0.6) is 11.5 Å². The van der Waals surface area contributed by atoms with Gasteiger partial charge in [0.1, 0.15) is 11.5 Å². The van der Waals surface area contributed by atoms with Crippen molar-refractivity contribution in [3.05, 3.63) is 45.1 Å². The summed E-state index contributed by atoms with van der Waals surface area (Å²) in [5, 5.41) is 0. The van der Waals surface area contributed by atoms with Crippen LogP contribution in [0, 0.1) is 6.92 Å². The topological polar surface area (TPSA) is 76.7 Å². The van der Waals surface area contributed by atoms with Gasteiger partial charge in [-0.05, 0) is 31.0 Å². The fourth-order valence-electron chi connectivity index (χ4n) is 2.39. The maximum Gasteiger partial charge on any atom is 0.279 e. The second kappa shape index (κ2) is 8.53. The maximum absolute atomic E-state index is 12.1. The van der Waals surface area contributed by atoms with Crippen LogP contribution in [0.15, 0.2) is 24.3 Å². The molecule has 1 heterocycles. The number of amides is 2. The van der Waals surface area contributed by atoms with Crippen LogP contribution in [0.1, 0.15) is 32.6 Å². The molecule has 0 bridgehead atoms. The van der Waals surface area contributed by atoms with Gasteiger partial charge >= 0.3 is 0 Å². The van der Waals surface area contributed by atoms with Gasteiger partial charge in [0.25, 0.3) is 5.91 Å². The molecule has 0 atom stereocenters. The predicted octanol–water partition coefficient (Wildman–Crippen LogP) is 2.64. The van der Waals surface area contributed by atoms with Crippen molar-refractivity contribution in [2.75, 3.05) is 14.2 Å². The van der Waals surface area contributed by atoms with Crippen molar-refractivity contribution in [1.29, 1.82) is 0 Å². The molecule has 0 aliphatic rings. The summed E-state index contributed by atoms with van der Waals surface area (Å²) >= 11 is 1.44. The number of rotatable bonds is 6. The second-order valence-electron chi connectivity index (χ2n) is 5.43. The Morgan fingerprint density at radius 1 is 1.12 bits per heavy atom. The van der Waals surface area contributed by atoms with E-state index in [1.165, 1.54) is 23.3 Å². The molecule has 1 aromatic carbocycles. The summed E-state index contributed by atoms with van der Waals surface area (Å²) in [6, 6.07) is 7.05. The number of hydrogen-bond acceptors (Lipinski definition) is 5. The van der Waals surface area contributed by atoms with Crippen LogP contribution >= 0.6 is 11.3 Å². The fourth-order valence-corrected chi connectivity index (χ4v) is 3.40. The van der Waals surface area contributed by atoms with Gasteiger partial charge in [0.15, 0.2) is 0 Å². The molecule has 7 heteroatoms. The molecule has 0 unspecified atom stereocenters. The average Bonchev–Trinajstić information content (AvgIpc) is 3.00. The molecule has 0 aliphatic heterocycles. The maximum atomic E-state index is 12.1. The number of ether oxygens (including phenoxy) is 2. The van der Waals surface area contributed by atoms with Gasteiger partial charge < -0.3 is 9.47 Å². The Morgan fingerprint density at radius 3 is 2.48 bits per heavy atom. The molecule has 0 radical (unpaired) electrons. The zero-order chi connectivity index (χ0) is 18.4. The number of thiophene rings is 1. The molecule has 0 spiro atoms. The summed E-state index contributed by atoms with van der Waals surface area (Å²) < 4.78 is 10.4. The van der Waals surface area contributed by atoms with Gasteiger partial charge in [0, 0.05) is 16.5 Å². The molecular formula is C18H22N2O4S. The monoisotopic (exact) mass is 362 g/mol. The van der Waals surface area contributed by atoms with Crippen molar-refractivity contribution in [3.63, 3.8) is 0 Å². The van der Waals surface area contributed by atoms with E-state index in [4.69, 9.17) is 9.47 Å². The van der Waals surface area contributed by atoms with Crippen LogP contribution in [-0.2, 0) is 17.6 Å².